The van der Waals surface area contributed by atoms with Crippen LogP contribution in [-0.2, 0) is 19.3 Å². The van der Waals surface area contributed by atoms with Gasteiger partial charge in [-0.15, -0.1) is 29.7 Å². The van der Waals surface area contributed by atoms with Crippen molar-refractivity contribution in [1.29, 1.82) is 0 Å². The summed E-state index contributed by atoms with van der Waals surface area (Å²) in [5.74, 6) is 6.50. The predicted octanol–water partition coefficient (Wildman–Crippen LogP) is 3.64. The highest BCUT2D eigenvalue weighted by Gasteiger charge is 2.31. The van der Waals surface area contributed by atoms with E-state index in [4.69, 9.17) is 5.73 Å². The van der Waals surface area contributed by atoms with Gasteiger partial charge in [0.2, 0.25) is 5.95 Å². The summed E-state index contributed by atoms with van der Waals surface area (Å²) in [7, 11) is 0. The number of piperidine rings is 1. The Morgan fingerprint density at radius 3 is 2.78 bits per heavy atom. The van der Waals surface area contributed by atoms with Gasteiger partial charge in [-0.05, 0) is 38.0 Å². The molecule has 36 heavy (non-hydrogen) atoms. The van der Waals surface area contributed by atoms with E-state index in [1.807, 2.05) is 0 Å². The van der Waals surface area contributed by atoms with Gasteiger partial charge < -0.3 is 10.6 Å². The molecule has 4 aromatic rings. The van der Waals surface area contributed by atoms with E-state index >= 15 is 0 Å². The highest BCUT2D eigenvalue weighted by atomic mass is 35.5. The Morgan fingerprint density at radius 2 is 2.06 bits per heavy atom. The molecule has 1 aliphatic rings. The summed E-state index contributed by atoms with van der Waals surface area (Å²) in [5.41, 5.74) is 6.10. The number of aromatic nitrogens is 5. The van der Waals surface area contributed by atoms with E-state index in [-0.39, 0.29) is 42.6 Å². The number of hydrogen-bond donors (Lipinski definition) is 1. The Kier molecular flexibility index (Phi) is 7.26. The molecule has 1 saturated heterocycles. The van der Waals surface area contributed by atoms with Gasteiger partial charge in [0.05, 0.1) is 35.1 Å². The number of thiazole rings is 1. The van der Waals surface area contributed by atoms with E-state index in [1.54, 1.807) is 11.5 Å². The number of imidazole rings is 1. The van der Waals surface area contributed by atoms with Crippen molar-refractivity contribution < 1.29 is 13.2 Å². The van der Waals surface area contributed by atoms with E-state index in [2.05, 4.69) is 31.8 Å². The Morgan fingerprint density at radius 1 is 1.25 bits per heavy atom. The number of anilines is 1. The standard InChI is InChI=1S/C23H22F3N7OS.ClH/c1-2-3-9-32-20-17(30-22(32)31-8-4-5-15(27)12-31)11-28-33(21(20)34)13-19-29-16-10-14(23(24,25)26)6-7-18(16)35-19;/h6-7,10-11,15H,4-5,8-9,12-13,27H2,1H3;1H/t15-;/m1./s1. The van der Waals surface area contributed by atoms with Crippen molar-refractivity contribution in [3.8, 4) is 11.8 Å². The van der Waals surface area contributed by atoms with E-state index < -0.39 is 11.7 Å². The molecule has 13 heteroatoms. The van der Waals surface area contributed by atoms with Gasteiger partial charge in [0.1, 0.15) is 16.0 Å². The summed E-state index contributed by atoms with van der Waals surface area (Å²) < 4.78 is 42.8. The molecule has 0 spiro atoms. The maximum atomic E-state index is 13.5. The summed E-state index contributed by atoms with van der Waals surface area (Å²) in [5, 5.41) is 4.74. The van der Waals surface area contributed by atoms with Crippen LogP contribution < -0.4 is 16.2 Å². The van der Waals surface area contributed by atoms with Crippen LogP contribution in [0, 0.1) is 11.8 Å². The minimum Gasteiger partial charge on any atom is -0.341 e. The summed E-state index contributed by atoms with van der Waals surface area (Å²) in [6, 6.07) is 3.47. The Hall–Kier alpha value is -3.14. The number of benzene rings is 1. The number of halogens is 4. The second-order valence-corrected chi connectivity index (χ2v) is 9.52. The van der Waals surface area contributed by atoms with E-state index in [1.165, 1.54) is 28.3 Å². The minimum absolute atomic E-state index is 0. The van der Waals surface area contributed by atoms with Crippen LogP contribution in [0.25, 0.3) is 21.3 Å². The zero-order chi connectivity index (χ0) is 24.7. The average molecular weight is 538 g/mol. The van der Waals surface area contributed by atoms with Gasteiger partial charge in [0.15, 0.2) is 0 Å². The first-order valence-electron chi connectivity index (χ1n) is 11.1. The maximum absolute atomic E-state index is 13.5. The fourth-order valence-corrected chi connectivity index (χ4v) is 5.20. The second-order valence-electron chi connectivity index (χ2n) is 8.40. The molecule has 8 nitrogen and oxygen atoms in total. The maximum Gasteiger partial charge on any atom is 0.416 e. The first kappa shape index (κ1) is 25.9. The number of nitrogens with two attached hydrogens (primary N) is 1. The normalized spacial score (nSPS) is 16.1. The van der Waals surface area contributed by atoms with Crippen molar-refractivity contribution in [2.75, 3.05) is 18.0 Å². The Balaban J connectivity index is 0.00000304. The van der Waals surface area contributed by atoms with Gasteiger partial charge in [-0.2, -0.15) is 18.3 Å². The van der Waals surface area contributed by atoms with Crippen LogP contribution >= 0.6 is 23.7 Å². The molecule has 0 aliphatic carbocycles. The zero-order valence-electron chi connectivity index (χ0n) is 19.2. The zero-order valence-corrected chi connectivity index (χ0v) is 20.9. The van der Waals surface area contributed by atoms with Gasteiger partial charge in [0.25, 0.3) is 5.56 Å². The number of rotatable bonds is 4. The third-order valence-corrected chi connectivity index (χ3v) is 6.95. The van der Waals surface area contributed by atoms with Gasteiger partial charge in [-0.25, -0.2) is 14.6 Å². The smallest absolute Gasteiger partial charge is 0.341 e. The highest BCUT2D eigenvalue weighted by Crippen LogP contribution is 2.33. The fourth-order valence-electron chi connectivity index (χ4n) is 4.27. The monoisotopic (exact) mass is 537 g/mol. The van der Waals surface area contributed by atoms with Gasteiger partial charge in [-0.3, -0.25) is 9.36 Å². The number of hydrogen-bond acceptors (Lipinski definition) is 7. The largest absolute Gasteiger partial charge is 0.416 e. The average Bonchev–Trinajstić information content (AvgIpc) is 3.39. The molecule has 2 N–H and O–H groups in total. The Bertz CT molecular complexity index is 1530. The quantitative estimate of drug-likeness (QED) is 0.399. The third-order valence-electron chi connectivity index (χ3n) is 5.93. The molecule has 1 fully saturated rings. The van der Waals surface area contributed by atoms with E-state index in [9.17, 15) is 18.0 Å². The molecule has 0 saturated carbocycles. The van der Waals surface area contributed by atoms with Crippen LogP contribution in [0.3, 0.4) is 0 Å². The summed E-state index contributed by atoms with van der Waals surface area (Å²) >= 11 is 1.23. The number of nitrogens with zero attached hydrogens (tertiary/aromatic N) is 6. The van der Waals surface area contributed by atoms with Crippen molar-refractivity contribution >= 4 is 50.9 Å². The molecule has 4 heterocycles. The molecule has 0 unspecified atom stereocenters. The molecule has 1 atom stereocenters. The minimum atomic E-state index is -4.45. The van der Waals surface area contributed by atoms with Crippen LogP contribution in [0.1, 0.15) is 30.3 Å². The molecule has 5 rings (SSSR count). The van der Waals surface area contributed by atoms with Crippen LogP contribution in [0.4, 0.5) is 19.1 Å². The molecular weight excluding hydrogens is 515 g/mol. The highest BCUT2D eigenvalue weighted by molar-refractivity contribution is 7.18. The van der Waals surface area contributed by atoms with Gasteiger partial charge in [0, 0.05) is 19.1 Å². The molecule has 0 amide bonds. The number of alkyl halides is 3. The molecule has 1 aliphatic heterocycles. The Labute approximate surface area is 214 Å². The van der Waals surface area contributed by atoms with Crippen molar-refractivity contribution in [2.24, 2.45) is 5.73 Å². The lowest BCUT2D eigenvalue weighted by Gasteiger charge is -2.31. The van der Waals surface area contributed by atoms with E-state index in [0.29, 0.717) is 33.2 Å². The summed E-state index contributed by atoms with van der Waals surface area (Å²) in [4.78, 5) is 24.5. The molecule has 0 radical (unpaired) electrons. The van der Waals surface area contributed by atoms with Crippen molar-refractivity contribution in [1.82, 2.24) is 24.3 Å². The molecular formula is C23H23ClF3N7OS. The van der Waals surface area contributed by atoms with Gasteiger partial charge >= 0.3 is 6.18 Å². The first-order chi connectivity index (χ1) is 16.7. The van der Waals surface area contributed by atoms with Crippen LogP contribution in [0.5, 0.6) is 0 Å². The van der Waals surface area contributed by atoms with Crippen LogP contribution in [-0.4, -0.2) is 43.4 Å². The number of fused-ring (bicyclic) bond motifs is 2. The van der Waals surface area contributed by atoms with Crippen molar-refractivity contribution in [2.45, 2.75) is 45.1 Å². The second kappa shape index (κ2) is 10.1. The molecule has 3 aromatic heterocycles. The lowest BCUT2D eigenvalue weighted by molar-refractivity contribution is -0.137. The van der Waals surface area contributed by atoms with Crippen molar-refractivity contribution in [3.63, 3.8) is 0 Å². The topological polar surface area (TPSA) is 94.9 Å². The first-order valence-corrected chi connectivity index (χ1v) is 11.9. The lowest BCUT2D eigenvalue weighted by Crippen LogP contribution is -2.44. The molecule has 0 bridgehead atoms. The van der Waals surface area contributed by atoms with Crippen LogP contribution in [0.15, 0.2) is 29.2 Å². The summed E-state index contributed by atoms with van der Waals surface area (Å²) in [6.07, 6.45) is -1.06. The lowest BCUT2D eigenvalue weighted by atomic mass is 10.1. The summed E-state index contributed by atoms with van der Waals surface area (Å²) in [6.45, 7) is 3.46. The SMILES string of the molecule is CC#CCn1c(N2CCC[C@@H](N)C2)nc2cnn(Cc3nc4cc(C(F)(F)F)ccc4s3)c(=O)c21.Cl. The molecule has 190 valence electrons. The fraction of sp³-hybridized carbons (Fsp3) is 0.391. The third kappa shape index (κ3) is 4.91. The van der Waals surface area contributed by atoms with Crippen LogP contribution in [0.2, 0.25) is 0 Å². The van der Waals surface area contributed by atoms with E-state index in [0.717, 1.165) is 31.5 Å². The predicted molar refractivity (Wildman–Crippen MR) is 136 cm³/mol. The van der Waals surface area contributed by atoms with Crippen molar-refractivity contribution in [3.05, 3.63) is 45.3 Å². The van der Waals surface area contributed by atoms with Gasteiger partial charge in [-0.1, -0.05) is 5.92 Å². The molecule has 1 aromatic carbocycles.